The molecule has 196 valence electrons. The molecule has 0 saturated heterocycles. The predicted molar refractivity (Wildman–Crippen MR) is 150 cm³/mol. The molecule has 3 aromatic carbocycles. The summed E-state index contributed by atoms with van der Waals surface area (Å²) in [5.41, 5.74) is 4.00. The average Bonchev–Trinajstić information content (AvgIpc) is 2.90. The standard InChI is InChI=1S/C27H23BrCl2N4O4/c1-17(38-25-10-8-20(29)15-22(25)30)26(35)33-23(14-18-5-3-2-4-6-18)27(36)34-32-16-19-7-9-24(21(28)13-19)37-12-11-31/h2-10,13,15-17,23H,12,14H2,1H3,(H,33,35)(H,34,36)/b32-16-/t17-,23-/m1/s1. The minimum absolute atomic E-state index is 0.0764. The lowest BCUT2D eigenvalue weighted by atomic mass is 10.1. The van der Waals surface area contributed by atoms with Crippen LogP contribution in [-0.2, 0) is 16.0 Å². The van der Waals surface area contributed by atoms with Crippen LogP contribution in [0.1, 0.15) is 18.1 Å². The van der Waals surface area contributed by atoms with E-state index in [1.165, 1.54) is 12.3 Å². The summed E-state index contributed by atoms with van der Waals surface area (Å²) in [5.74, 6) is -0.214. The summed E-state index contributed by atoms with van der Waals surface area (Å²) in [5, 5.41) is 16.1. The second-order valence-corrected chi connectivity index (χ2v) is 9.65. The van der Waals surface area contributed by atoms with E-state index in [1.54, 1.807) is 37.3 Å². The monoisotopic (exact) mass is 616 g/mol. The maximum Gasteiger partial charge on any atom is 0.262 e. The zero-order chi connectivity index (χ0) is 27.5. The van der Waals surface area contributed by atoms with Crippen molar-refractivity contribution in [2.24, 2.45) is 5.10 Å². The van der Waals surface area contributed by atoms with E-state index in [-0.39, 0.29) is 18.1 Å². The fourth-order valence-corrected chi connectivity index (χ4v) is 4.20. The van der Waals surface area contributed by atoms with Gasteiger partial charge >= 0.3 is 0 Å². The van der Waals surface area contributed by atoms with Crippen LogP contribution in [0.5, 0.6) is 11.5 Å². The summed E-state index contributed by atoms with van der Waals surface area (Å²) in [6.07, 6.45) is 0.743. The average molecular weight is 618 g/mol. The molecule has 2 N–H and O–H groups in total. The van der Waals surface area contributed by atoms with E-state index in [0.717, 1.165) is 5.56 Å². The van der Waals surface area contributed by atoms with Crippen molar-refractivity contribution in [2.75, 3.05) is 6.61 Å². The van der Waals surface area contributed by atoms with E-state index in [4.69, 9.17) is 37.9 Å². The Morgan fingerprint density at radius 3 is 2.50 bits per heavy atom. The number of hydrogen-bond donors (Lipinski definition) is 2. The van der Waals surface area contributed by atoms with Crippen LogP contribution in [0.3, 0.4) is 0 Å². The largest absolute Gasteiger partial charge is 0.479 e. The van der Waals surface area contributed by atoms with Crippen LogP contribution >= 0.6 is 39.1 Å². The normalized spacial score (nSPS) is 12.3. The summed E-state index contributed by atoms with van der Waals surface area (Å²) in [4.78, 5) is 25.9. The molecule has 3 rings (SSSR count). The SMILES string of the molecule is C[C@@H](Oc1ccc(Cl)cc1Cl)C(=O)N[C@H](Cc1ccccc1)C(=O)N/N=C\c1ccc(OCC#N)c(Br)c1. The van der Waals surface area contributed by atoms with Gasteiger partial charge in [-0.15, -0.1) is 0 Å². The fourth-order valence-electron chi connectivity index (χ4n) is 3.24. The number of hydrogen-bond acceptors (Lipinski definition) is 6. The van der Waals surface area contributed by atoms with Crippen molar-refractivity contribution in [1.82, 2.24) is 10.7 Å². The third-order valence-electron chi connectivity index (χ3n) is 5.12. The first kappa shape index (κ1) is 29.0. The number of rotatable bonds is 11. The lowest BCUT2D eigenvalue weighted by Gasteiger charge is -2.21. The number of nitrogens with one attached hydrogen (secondary N) is 2. The van der Waals surface area contributed by atoms with E-state index >= 15 is 0 Å². The summed E-state index contributed by atoms with van der Waals surface area (Å²) >= 11 is 15.4. The van der Waals surface area contributed by atoms with Gasteiger partial charge in [0.2, 0.25) is 0 Å². The second kappa shape index (κ2) is 14.4. The smallest absolute Gasteiger partial charge is 0.262 e. The quantitative estimate of drug-likeness (QED) is 0.224. The zero-order valence-corrected chi connectivity index (χ0v) is 23.3. The van der Waals surface area contributed by atoms with Crippen LogP contribution in [-0.4, -0.2) is 36.8 Å². The number of benzene rings is 3. The van der Waals surface area contributed by atoms with Crippen LogP contribution < -0.4 is 20.2 Å². The minimum Gasteiger partial charge on any atom is -0.479 e. The van der Waals surface area contributed by atoms with Crippen LogP contribution in [0.15, 0.2) is 76.3 Å². The molecule has 38 heavy (non-hydrogen) atoms. The highest BCUT2D eigenvalue weighted by Crippen LogP contribution is 2.28. The van der Waals surface area contributed by atoms with Gasteiger partial charge in [-0.2, -0.15) is 10.4 Å². The van der Waals surface area contributed by atoms with E-state index in [9.17, 15) is 9.59 Å². The molecule has 0 radical (unpaired) electrons. The molecular weight excluding hydrogens is 595 g/mol. The molecule has 0 aromatic heterocycles. The van der Waals surface area contributed by atoms with Gasteiger partial charge in [0, 0.05) is 11.4 Å². The Morgan fingerprint density at radius 1 is 1.08 bits per heavy atom. The molecule has 2 atom stereocenters. The highest BCUT2D eigenvalue weighted by Gasteiger charge is 2.25. The molecular formula is C27H23BrCl2N4O4. The van der Waals surface area contributed by atoms with Crippen LogP contribution in [0, 0.1) is 11.3 Å². The Balaban J connectivity index is 1.67. The van der Waals surface area contributed by atoms with E-state index < -0.39 is 24.0 Å². The summed E-state index contributed by atoms with van der Waals surface area (Å²) in [6, 6.07) is 20.1. The highest BCUT2D eigenvalue weighted by atomic mass is 79.9. The first-order chi connectivity index (χ1) is 18.3. The van der Waals surface area contributed by atoms with Gasteiger partial charge < -0.3 is 14.8 Å². The van der Waals surface area contributed by atoms with Crippen molar-refractivity contribution in [3.05, 3.63) is 92.4 Å². The van der Waals surface area contributed by atoms with Gasteiger partial charge in [0.15, 0.2) is 12.7 Å². The van der Waals surface area contributed by atoms with Crippen LogP contribution in [0.4, 0.5) is 0 Å². The fraction of sp³-hybridized carbons (Fsp3) is 0.185. The van der Waals surface area contributed by atoms with Crippen molar-refractivity contribution in [1.29, 1.82) is 5.26 Å². The molecule has 0 aliphatic heterocycles. The Kier molecular flexibility index (Phi) is 11.0. The van der Waals surface area contributed by atoms with Gasteiger partial charge in [0.1, 0.15) is 23.6 Å². The van der Waals surface area contributed by atoms with Crippen molar-refractivity contribution < 1.29 is 19.1 Å². The van der Waals surface area contributed by atoms with E-state index in [0.29, 0.717) is 26.6 Å². The van der Waals surface area contributed by atoms with Gasteiger partial charge in [-0.1, -0.05) is 53.5 Å². The molecule has 0 saturated carbocycles. The molecule has 0 heterocycles. The molecule has 0 fully saturated rings. The van der Waals surface area contributed by atoms with Gasteiger partial charge in [-0.3, -0.25) is 9.59 Å². The molecule has 0 aliphatic carbocycles. The highest BCUT2D eigenvalue weighted by molar-refractivity contribution is 9.10. The first-order valence-electron chi connectivity index (χ1n) is 11.3. The molecule has 0 unspecified atom stereocenters. The Labute approximate surface area is 238 Å². The summed E-state index contributed by atoms with van der Waals surface area (Å²) in [6.45, 7) is 1.48. The molecule has 8 nitrogen and oxygen atoms in total. The molecule has 2 amide bonds. The Hall–Kier alpha value is -3.58. The lowest BCUT2D eigenvalue weighted by Crippen LogP contribution is -2.50. The number of halogens is 3. The zero-order valence-electron chi connectivity index (χ0n) is 20.2. The summed E-state index contributed by atoms with van der Waals surface area (Å²) in [7, 11) is 0. The number of amides is 2. The second-order valence-electron chi connectivity index (χ2n) is 7.96. The molecule has 0 spiro atoms. The number of hydrazone groups is 1. The van der Waals surface area contributed by atoms with Gasteiger partial charge in [0.25, 0.3) is 11.8 Å². The van der Waals surface area contributed by atoms with Gasteiger partial charge in [-0.05, 0) is 70.4 Å². The first-order valence-corrected chi connectivity index (χ1v) is 12.9. The molecule has 0 aliphatic rings. The summed E-state index contributed by atoms with van der Waals surface area (Å²) < 4.78 is 11.6. The molecule has 3 aromatic rings. The molecule has 0 bridgehead atoms. The third-order valence-corrected chi connectivity index (χ3v) is 6.27. The van der Waals surface area contributed by atoms with Crippen LogP contribution in [0.2, 0.25) is 10.0 Å². The number of carbonyl (C=O) groups is 2. The number of nitrogens with zero attached hydrogens (tertiary/aromatic N) is 2. The van der Waals surface area contributed by atoms with Crippen LogP contribution in [0.25, 0.3) is 0 Å². The minimum atomic E-state index is -0.942. The lowest BCUT2D eigenvalue weighted by molar-refractivity contribution is -0.132. The third kappa shape index (κ3) is 8.77. The Morgan fingerprint density at radius 2 is 1.82 bits per heavy atom. The Bertz CT molecular complexity index is 1350. The maximum atomic E-state index is 13.0. The van der Waals surface area contributed by atoms with Crippen molar-refractivity contribution in [3.8, 4) is 17.6 Å². The van der Waals surface area contributed by atoms with Gasteiger partial charge in [0.05, 0.1) is 15.7 Å². The van der Waals surface area contributed by atoms with Gasteiger partial charge in [-0.25, -0.2) is 5.43 Å². The maximum absolute atomic E-state index is 13.0. The van der Waals surface area contributed by atoms with Crippen molar-refractivity contribution in [2.45, 2.75) is 25.5 Å². The van der Waals surface area contributed by atoms with E-state index in [1.807, 2.05) is 36.4 Å². The van der Waals surface area contributed by atoms with Crippen molar-refractivity contribution in [3.63, 3.8) is 0 Å². The van der Waals surface area contributed by atoms with E-state index in [2.05, 4.69) is 31.8 Å². The number of nitriles is 1. The topological polar surface area (TPSA) is 113 Å². The predicted octanol–water partition coefficient (Wildman–Crippen LogP) is 5.30. The molecule has 11 heteroatoms. The number of carbonyl (C=O) groups excluding carboxylic acids is 2. The number of ether oxygens (including phenoxy) is 2. The van der Waals surface area contributed by atoms with Crippen molar-refractivity contribution >= 4 is 57.2 Å².